The molecule has 3 aromatic rings. The number of aryl methyl sites for hydroxylation is 1. The van der Waals surface area contributed by atoms with E-state index in [1.807, 2.05) is 0 Å². The topological polar surface area (TPSA) is 70.7 Å². The number of carbonyl (C=O) groups is 1. The van der Waals surface area contributed by atoms with E-state index in [2.05, 4.69) is 33.4 Å². The summed E-state index contributed by atoms with van der Waals surface area (Å²) >= 11 is 3.15. The minimum atomic E-state index is -0.0448. The van der Waals surface area contributed by atoms with Crippen molar-refractivity contribution in [3.05, 3.63) is 33.1 Å². The van der Waals surface area contributed by atoms with Crippen LogP contribution >= 0.6 is 22.7 Å². The van der Waals surface area contributed by atoms with E-state index in [9.17, 15) is 9.90 Å². The number of thiophene rings is 1. The van der Waals surface area contributed by atoms with Crippen molar-refractivity contribution in [2.24, 2.45) is 0 Å². The lowest BCUT2D eigenvalue weighted by atomic mass is 10.0. The maximum absolute atomic E-state index is 11.6. The van der Waals surface area contributed by atoms with Gasteiger partial charge in [-0.1, -0.05) is 11.3 Å². The van der Waals surface area contributed by atoms with Crippen molar-refractivity contribution in [1.82, 2.24) is 19.5 Å². The van der Waals surface area contributed by atoms with Crippen molar-refractivity contribution in [1.29, 1.82) is 0 Å². The Morgan fingerprint density at radius 2 is 2.09 bits per heavy atom. The molecule has 1 atom stereocenters. The van der Waals surface area contributed by atoms with Gasteiger partial charge in [0.15, 0.2) is 0 Å². The molecule has 1 unspecified atom stereocenters. The van der Waals surface area contributed by atoms with Gasteiger partial charge in [0.25, 0.3) is 0 Å². The molecule has 0 aromatic carbocycles. The number of likely N-dealkylation sites (tertiary alicyclic amines) is 1. The van der Waals surface area contributed by atoms with Gasteiger partial charge < -0.3 is 5.11 Å². The number of hydrogen-bond acceptors (Lipinski definition) is 7. The fraction of sp³-hybridized carbons (Fsp3) is 0.400. The summed E-state index contributed by atoms with van der Waals surface area (Å²) in [4.78, 5) is 20.8. The molecule has 0 spiro atoms. The molecule has 120 valence electrons. The van der Waals surface area contributed by atoms with Crippen LogP contribution in [0.2, 0.25) is 0 Å². The zero-order chi connectivity index (χ0) is 16.0. The predicted octanol–water partition coefficient (Wildman–Crippen LogP) is 2.62. The fourth-order valence-corrected chi connectivity index (χ4v) is 5.24. The smallest absolute Gasteiger partial charge is 0.230 e. The molecule has 1 fully saturated rings. The van der Waals surface area contributed by atoms with Crippen molar-refractivity contribution in [2.45, 2.75) is 25.8 Å². The largest absolute Gasteiger partial charge is 0.492 e. The summed E-state index contributed by atoms with van der Waals surface area (Å²) in [5.74, 6) is 0.465. The Morgan fingerprint density at radius 1 is 1.30 bits per heavy atom. The van der Waals surface area contributed by atoms with Crippen LogP contribution in [0.4, 0.5) is 0 Å². The number of nitrogens with zero attached hydrogens (tertiary/aromatic N) is 4. The normalized spacial score (nSPS) is 17.9. The lowest BCUT2D eigenvalue weighted by molar-refractivity contribution is -0.121. The highest BCUT2D eigenvalue weighted by atomic mass is 32.1. The van der Waals surface area contributed by atoms with Gasteiger partial charge >= 0.3 is 0 Å². The Hall–Kier alpha value is -1.77. The van der Waals surface area contributed by atoms with E-state index in [-0.39, 0.29) is 11.9 Å². The van der Waals surface area contributed by atoms with Crippen molar-refractivity contribution in [3.63, 3.8) is 0 Å². The standard InChI is InChI=1S/C15H16N4O2S2/c1-9-4-7-22-12(9)11(18-5-2-10(20)3-6-18)13-14(21)19-15(23-13)16-8-17-19/h4,7-8,11,21H,2-3,5-6H2,1H3. The maximum Gasteiger partial charge on any atom is 0.230 e. The van der Waals surface area contributed by atoms with Gasteiger partial charge in [-0.05, 0) is 23.9 Å². The number of aromatic nitrogens is 3. The lowest BCUT2D eigenvalue weighted by Crippen LogP contribution is -2.37. The van der Waals surface area contributed by atoms with Crippen molar-refractivity contribution in [3.8, 4) is 5.88 Å². The Morgan fingerprint density at radius 3 is 2.74 bits per heavy atom. The lowest BCUT2D eigenvalue weighted by Gasteiger charge is -2.33. The molecule has 0 aliphatic carbocycles. The first-order chi connectivity index (χ1) is 11.1. The van der Waals surface area contributed by atoms with E-state index >= 15 is 0 Å². The summed E-state index contributed by atoms with van der Waals surface area (Å²) in [5, 5.41) is 16.8. The summed E-state index contributed by atoms with van der Waals surface area (Å²) in [6, 6.07) is 2.05. The minimum absolute atomic E-state index is 0.0448. The quantitative estimate of drug-likeness (QED) is 0.788. The van der Waals surface area contributed by atoms with Crippen LogP contribution < -0.4 is 0 Å². The van der Waals surface area contributed by atoms with Crippen LogP contribution in [0, 0.1) is 6.92 Å². The Balaban J connectivity index is 1.81. The number of fused-ring (bicyclic) bond motifs is 1. The monoisotopic (exact) mass is 348 g/mol. The second kappa shape index (κ2) is 5.70. The number of hydrogen-bond donors (Lipinski definition) is 1. The summed E-state index contributed by atoms with van der Waals surface area (Å²) in [7, 11) is 0. The molecular formula is C15H16N4O2S2. The number of ketones is 1. The minimum Gasteiger partial charge on any atom is -0.492 e. The van der Waals surface area contributed by atoms with Gasteiger partial charge in [-0.2, -0.15) is 9.61 Å². The number of thiazole rings is 1. The van der Waals surface area contributed by atoms with Crippen LogP contribution in [-0.4, -0.2) is 43.5 Å². The highest BCUT2D eigenvalue weighted by Crippen LogP contribution is 2.42. The van der Waals surface area contributed by atoms with Gasteiger partial charge in [0.05, 0.1) is 10.9 Å². The maximum atomic E-state index is 11.6. The van der Waals surface area contributed by atoms with Crippen molar-refractivity contribution >= 4 is 33.4 Å². The number of piperidine rings is 1. The summed E-state index contributed by atoms with van der Waals surface area (Å²) in [5.41, 5.74) is 1.20. The highest BCUT2D eigenvalue weighted by Gasteiger charge is 2.32. The van der Waals surface area contributed by atoms with Gasteiger partial charge in [-0.3, -0.25) is 9.69 Å². The molecule has 4 heterocycles. The van der Waals surface area contributed by atoms with E-state index in [1.165, 1.54) is 32.6 Å². The molecular weight excluding hydrogens is 332 g/mol. The fourth-order valence-electron chi connectivity index (χ4n) is 3.02. The van der Waals surface area contributed by atoms with Crippen LogP contribution in [0.25, 0.3) is 4.96 Å². The third-order valence-corrected chi connectivity index (χ3v) is 6.42. The Kier molecular flexibility index (Phi) is 3.67. The van der Waals surface area contributed by atoms with Crippen molar-refractivity contribution in [2.75, 3.05) is 13.1 Å². The molecule has 0 amide bonds. The molecule has 1 aliphatic rings. The predicted molar refractivity (Wildman–Crippen MR) is 89.2 cm³/mol. The van der Waals surface area contributed by atoms with E-state index in [0.29, 0.717) is 36.7 Å². The summed E-state index contributed by atoms with van der Waals surface area (Å²) < 4.78 is 1.48. The average molecular weight is 348 g/mol. The van der Waals surface area contributed by atoms with Crippen LogP contribution in [0.5, 0.6) is 5.88 Å². The molecule has 6 nitrogen and oxygen atoms in total. The molecule has 1 N–H and O–H groups in total. The average Bonchev–Trinajstić information content (AvgIpc) is 3.23. The van der Waals surface area contributed by atoms with Crippen molar-refractivity contribution < 1.29 is 9.90 Å². The Labute approximate surface area is 141 Å². The van der Waals surface area contributed by atoms with Crippen LogP contribution in [0.3, 0.4) is 0 Å². The second-order valence-electron chi connectivity index (χ2n) is 5.69. The SMILES string of the molecule is Cc1ccsc1C(c1sc2ncnn2c1O)N1CCC(=O)CC1. The van der Waals surface area contributed by atoms with Crippen LogP contribution in [-0.2, 0) is 4.79 Å². The van der Waals surface area contributed by atoms with Crippen LogP contribution in [0.1, 0.15) is 34.2 Å². The zero-order valence-corrected chi connectivity index (χ0v) is 14.2. The molecule has 3 aromatic heterocycles. The molecule has 0 bridgehead atoms. The van der Waals surface area contributed by atoms with Gasteiger partial charge in [0, 0.05) is 30.8 Å². The first-order valence-electron chi connectivity index (χ1n) is 7.46. The summed E-state index contributed by atoms with van der Waals surface area (Å²) in [6.45, 7) is 3.52. The van der Waals surface area contributed by atoms with E-state index in [4.69, 9.17) is 0 Å². The molecule has 8 heteroatoms. The molecule has 4 rings (SSSR count). The number of carbonyl (C=O) groups excluding carboxylic acids is 1. The molecule has 0 saturated carbocycles. The van der Waals surface area contributed by atoms with Crippen LogP contribution in [0.15, 0.2) is 17.8 Å². The second-order valence-corrected chi connectivity index (χ2v) is 7.65. The zero-order valence-electron chi connectivity index (χ0n) is 12.6. The molecule has 23 heavy (non-hydrogen) atoms. The number of Topliss-reactive ketones (excluding diaryl/α,β-unsaturated/α-hetero) is 1. The van der Waals surface area contributed by atoms with Gasteiger partial charge in [-0.15, -0.1) is 11.3 Å². The first kappa shape index (κ1) is 14.8. The van der Waals surface area contributed by atoms with Gasteiger partial charge in [0.2, 0.25) is 10.8 Å². The third kappa shape index (κ3) is 2.46. The molecule has 0 radical (unpaired) electrons. The van der Waals surface area contributed by atoms with Gasteiger partial charge in [0.1, 0.15) is 12.1 Å². The highest BCUT2D eigenvalue weighted by molar-refractivity contribution is 7.17. The number of aromatic hydroxyl groups is 1. The summed E-state index contributed by atoms with van der Waals surface area (Å²) in [6.07, 6.45) is 2.59. The third-order valence-electron chi connectivity index (χ3n) is 4.26. The van der Waals surface area contributed by atoms with Gasteiger partial charge in [-0.25, -0.2) is 4.98 Å². The number of rotatable bonds is 3. The Bertz CT molecular complexity index is 856. The van der Waals surface area contributed by atoms with E-state index < -0.39 is 0 Å². The molecule has 1 aliphatic heterocycles. The van der Waals surface area contributed by atoms with E-state index in [1.54, 1.807) is 11.3 Å². The first-order valence-corrected chi connectivity index (χ1v) is 9.16. The molecule has 1 saturated heterocycles. The van der Waals surface area contributed by atoms with E-state index in [0.717, 1.165) is 4.88 Å².